The zero-order valence-electron chi connectivity index (χ0n) is 8.73. The highest BCUT2D eigenvalue weighted by molar-refractivity contribution is 5.36. The topological polar surface area (TPSA) is 112 Å². The molecule has 0 saturated carbocycles. The molecule has 1 rings (SSSR count). The van der Waals surface area contributed by atoms with Crippen molar-refractivity contribution in [3.05, 3.63) is 0 Å². The molecule has 0 aromatic carbocycles. The number of aromatic nitrogens is 3. The van der Waals surface area contributed by atoms with Gasteiger partial charge in [0.1, 0.15) is 0 Å². The predicted octanol–water partition coefficient (Wildman–Crippen LogP) is -0.125. The summed E-state index contributed by atoms with van der Waals surface area (Å²) in [6.45, 7) is 1.51. The number of hydrogen-bond donors (Lipinski definition) is 3. The normalized spacial score (nSPS) is 10.2. The number of nitrogens with two attached hydrogens (primary N) is 2. The summed E-state index contributed by atoms with van der Waals surface area (Å²) in [4.78, 5) is 11.4. The fraction of sp³-hybridized carbons (Fsp3) is 0.625. The lowest BCUT2D eigenvalue weighted by molar-refractivity contribution is 0.193. The van der Waals surface area contributed by atoms with E-state index in [1.165, 1.54) is 0 Å². The van der Waals surface area contributed by atoms with Crippen LogP contribution in [-0.2, 0) is 4.74 Å². The van der Waals surface area contributed by atoms with E-state index in [0.29, 0.717) is 5.95 Å². The molecular formula is C8H16N6O. The van der Waals surface area contributed by atoms with Crippen LogP contribution in [0.1, 0.15) is 12.8 Å². The summed E-state index contributed by atoms with van der Waals surface area (Å²) in [7, 11) is 1.68. The molecule has 1 aromatic heterocycles. The first-order valence-electron chi connectivity index (χ1n) is 4.72. The van der Waals surface area contributed by atoms with E-state index in [2.05, 4.69) is 20.3 Å². The van der Waals surface area contributed by atoms with Crippen LogP contribution in [0, 0.1) is 0 Å². The van der Waals surface area contributed by atoms with Crippen molar-refractivity contribution in [1.29, 1.82) is 0 Å². The molecule has 1 heterocycles. The molecule has 0 aliphatic heterocycles. The van der Waals surface area contributed by atoms with Gasteiger partial charge in [-0.25, -0.2) is 0 Å². The van der Waals surface area contributed by atoms with Crippen molar-refractivity contribution in [3.63, 3.8) is 0 Å². The minimum Gasteiger partial charge on any atom is -0.385 e. The van der Waals surface area contributed by atoms with Crippen molar-refractivity contribution in [2.75, 3.05) is 37.0 Å². The number of nitrogens with one attached hydrogen (secondary N) is 1. The Hall–Kier alpha value is -1.63. The fourth-order valence-electron chi connectivity index (χ4n) is 1.06. The third-order valence-corrected chi connectivity index (χ3v) is 1.73. The molecule has 0 spiro atoms. The van der Waals surface area contributed by atoms with E-state index in [9.17, 15) is 0 Å². The predicted molar refractivity (Wildman–Crippen MR) is 58.3 cm³/mol. The van der Waals surface area contributed by atoms with Gasteiger partial charge in [0.2, 0.25) is 17.8 Å². The second-order valence-electron chi connectivity index (χ2n) is 3.00. The molecule has 7 nitrogen and oxygen atoms in total. The molecule has 84 valence electrons. The molecule has 0 saturated heterocycles. The minimum absolute atomic E-state index is 0.127. The molecule has 0 radical (unpaired) electrons. The van der Waals surface area contributed by atoms with Crippen LogP contribution in [0.3, 0.4) is 0 Å². The molecule has 0 bridgehead atoms. The number of unbranched alkanes of at least 4 members (excludes halogenated alkanes) is 1. The summed E-state index contributed by atoms with van der Waals surface area (Å²) in [5.41, 5.74) is 10.8. The summed E-state index contributed by atoms with van der Waals surface area (Å²) >= 11 is 0. The van der Waals surface area contributed by atoms with Gasteiger partial charge in [-0.15, -0.1) is 0 Å². The first kappa shape index (κ1) is 11.4. The van der Waals surface area contributed by atoms with Gasteiger partial charge in [0.15, 0.2) is 0 Å². The van der Waals surface area contributed by atoms with Gasteiger partial charge in [-0.1, -0.05) is 0 Å². The average molecular weight is 212 g/mol. The van der Waals surface area contributed by atoms with Crippen molar-refractivity contribution >= 4 is 17.8 Å². The van der Waals surface area contributed by atoms with Crippen LogP contribution in [0.2, 0.25) is 0 Å². The first-order valence-corrected chi connectivity index (χ1v) is 4.72. The number of nitrogen functional groups attached to an aromatic ring is 2. The maximum absolute atomic E-state index is 5.41. The Kier molecular flexibility index (Phi) is 4.55. The number of nitrogens with zero attached hydrogens (tertiary/aromatic N) is 3. The van der Waals surface area contributed by atoms with E-state index in [1.807, 2.05) is 0 Å². The molecule has 0 unspecified atom stereocenters. The van der Waals surface area contributed by atoms with Crippen LogP contribution < -0.4 is 16.8 Å². The van der Waals surface area contributed by atoms with Crippen LogP contribution >= 0.6 is 0 Å². The smallest absolute Gasteiger partial charge is 0.229 e. The van der Waals surface area contributed by atoms with Crippen molar-refractivity contribution < 1.29 is 4.74 Å². The number of rotatable bonds is 6. The highest BCUT2D eigenvalue weighted by Crippen LogP contribution is 2.03. The Morgan fingerprint density at radius 2 is 1.80 bits per heavy atom. The van der Waals surface area contributed by atoms with Gasteiger partial charge >= 0.3 is 0 Å². The third kappa shape index (κ3) is 4.41. The zero-order valence-corrected chi connectivity index (χ0v) is 8.73. The van der Waals surface area contributed by atoms with E-state index in [1.54, 1.807) is 7.11 Å². The minimum atomic E-state index is 0.127. The van der Waals surface area contributed by atoms with E-state index >= 15 is 0 Å². The summed E-state index contributed by atoms with van der Waals surface area (Å²) in [6.07, 6.45) is 1.96. The van der Waals surface area contributed by atoms with E-state index < -0.39 is 0 Å². The monoisotopic (exact) mass is 212 g/mol. The molecule has 7 heteroatoms. The molecular weight excluding hydrogens is 196 g/mol. The Balaban J connectivity index is 2.31. The number of methoxy groups -OCH3 is 1. The second kappa shape index (κ2) is 5.97. The van der Waals surface area contributed by atoms with Crippen molar-refractivity contribution in [1.82, 2.24) is 15.0 Å². The van der Waals surface area contributed by atoms with Gasteiger partial charge in [-0.3, -0.25) is 0 Å². The quantitative estimate of drug-likeness (QED) is 0.563. The summed E-state index contributed by atoms with van der Waals surface area (Å²) in [6, 6.07) is 0. The van der Waals surface area contributed by atoms with Gasteiger partial charge in [0, 0.05) is 20.3 Å². The van der Waals surface area contributed by atoms with Crippen LogP contribution in [0.5, 0.6) is 0 Å². The second-order valence-corrected chi connectivity index (χ2v) is 3.00. The summed E-state index contributed by atoms with van der Waals surface area (Å²) in [5.74, 6) is 0.668. The zero-order chi connectivity index (χ0) is 11.1. The SMILES string of the molecule is COCCCCNc1nc(N)nc(N)n1. The third-order valence-electron chi connectivity index (χ3n) is 1.73. The fourth-order valence-corrected chi connectivity index (χ4v) is 1.06. The lowest BCUT2D eigenvalue weighted by Gasteiger charge is -2.05. The van der Waals surface area contributed by atoms with E-state index in [0.717, 1.165) is 26.0 Å². The Labute approximate surface area is 88.3 Å². The van der Waals surface area contributed by atoms with Crippen molar-refractivity contribution in [2.24, 2.45) is 0 Å². The van der Waals surface area contributed by atoms with Crippen molar-refractivity contribution in [3.8, 4) is 0 Å². The number of anilines is 3. The van der Waals surface area contributed by atoms with E-state index in [4.69, 9.17) is 16.2 Å². The largest absolute Gasteiger partial charge is 0.385 e. The Morgan fingerprint density at radius 3 is 2.40 bits per heavy atom. The molecule has 0 fully saturated rings. The van der Waals surface area contributed by atoms with Gasteiger partial charge in [0.05, 0.1) is 0 Å². The molecule has 0 amide bonds. The molecule has 0 aliphatic carbocycles. The summed E-state index contributed by atoms with van der Waals surface area (Å²) in [5, 5.41) is 3.01. The van der Waals surface area contributed by atoms with Crippen LogP contribution in [0.4, 0.5) is 17.8 Å². The average Bonchev–Trinajstić information content (AvgIpc) is 2.16. The highest BCUT2D eigenvalue weighted by atomic mass is 16.5. The maximum Gasteiger partial charge on any atom is 0.229 e. The lowest BCUT2D eigenvalue weighted by Crippen LogP contribution is -2.10. The van der Waals surface area contributed by atoms with Crippen LogP contribution in [-0.4, -0.2) is 35.2 Å². The summed E-state index contributed by atoms with van der Waals surface area (Å²) < 4.78 is 4.92. The van der Waals surface area contributed by atoms with Gasteiger partial charge in [0.25, 0.3) is 0 Å². The molecule has 15 heavy (non-hydrogen) atoms. The molecule has 5 N–H and O–H groups in total. The van der Waals surface area contributed by atoms with Gasteiger partial charge in [-0.2, -0.15) is 15.0 Å². The van der Waals surface area contributed by atoms with Crippen molar-refractivity contribution in [2.45, 2.75) is 12.8 Å². The Morgan fingerprint density at radius 1 is 1.13 bits per heavy atom. The highest BCUT2D eigenvalue weighted by Gasteiger charge is 1.99. The maximum atomic E-state index is 5.41. The van der Waals surface area contributed by atoms with Crippen LogP contribution in [0.15, 0.2) is 0 Å². The Bertz CT molecular complexity index is 285. The van der Waals surface area contributed by atoms with Gasteiger partial charge < -0.3 is 21.5 Å². The van der Waals surface area contributed by atoms with E-state index in [-0.39, 0.29) is 11.9 Å². The van der Waals surface area contributed by atoms with Gasteiger partial charge in [-0.05, 0) is 12.8 Å². The molecule has 1 aromatic rings. The molecule has 0 atom stereocenters. The standard InChI is InChI=1S/C8H16N6O/c1-15-5-3-2-4-11-8-13-6(9)12-7(10)14-8/h2-5H2,1H3,(H5,9,10,11,12,13,14). The number of hydrogen-bond acceptors (Lipinski definition) is 7. The lowest BCUT2D eigenvalue weighted by atomic mass is 10.3. The molecule has 0 aliphatic rings. The first-order chi connectivity index (χ1) is 7.22. The number of ether oxygens (including phenoxy) is 1. The van der Waals surface area contributed by atoms with Crippen LogP contribution in [0.25, 0.3) is 0 Å².